The highest BCUT2D eigenvalue weighted by atomic mass is 16.5. The first-order chi connectivity index (χ1) is 7.33. The Balaban J connectivity index is 2.00. The summed E-state index contributed by atoms with van der Waals surface area (Å²) in [7, 11) is 0. The number of carbonyl (C=O) groups is 1. The summed E-state index contributed by atoms with van der Waals surface area (Å²) in [6, 6.07) is -0.127. The molecule has 0 radical (unpaired) electrons. The third kappa shape index (κ3) is 5.59. The first-order valence-electron chi connectivity index (χ1n) is 5.66. The van der Waals surface area contributed by atoms with Crippen LogP contribution in [0.15, 0.2) is 0 Å². The Kier molecular flexibility index (Phi) is 6.11. The van der Waals surface area contributed by atoms with E-state index in [9.17, 15) is 4.79 Å². The molecule has 5 heteroatoms. The molecule has 1 atom stereocenters. The minimum atomic E-state index is -0.127. The second-order valence-corrected chi connectivity index (χ2v) is 3.77. The number of carbonyl (C=O) groups excluding carboxylic acids is 1. The topological polar surface area (TPSA) is 76.4 Å². The summed E-state index contributed by atoms with van der Waals surface area (Å²) in [6.45, 7) is 2.66. The molecule has 0 aliphatic carbocycles. The average Bonchev–Trinajstić information content (AvgIpc) is 2.28. The summed E-state index contributed by atoms with van der Waals surface area (Å²) in [5.74, 6) is 0. The van der Waals surface area contributed by atoms with Gasteiger partial charge in [0.2, 0.25) is 0 Å². The molecule has 0 bridgehead atoms. The third-order valence-electron chi connectivity index (χ3n) is 2.43. The van der Waals surface area contributed by atoms with E-state index in [1.54, 1.807) is 0 Å². The van der Waals surface area contributed by atoms with Gasteiger partial charge in [-0.05, 0) is 32.2 Å². The van der Waals surface area contributed by atoms with Gasteiger partial charge in [0.05, 0.1) is 6.10 Å². The Morgan fingerprint density at radius 3 is 2.93 bits per heavy atom. The molecule has 1 rings (SSSR count). The molecular formula is C10H21N3O2. The van der Waals surface area contributed by atoms with Crippen molar-refractivity contribution in [3.8, 4) is 0 Å². The van der Waals surface area contributed by atoms with E-state index in [-0.39, 0.29) is 12.1 Å². The summed E-state index contributed by atoms with van der Waals surface area (Å²) in [5.41, 5.74) is 5.31. The molecule has 1 aliphatic rings. The first kappa shape index (κ1) is 12.3. The number of urea groups is 1. The van der Waals surface area contributed by atoms with Crippen LogP contribution in [-0.4, -0.2) is 38.4 Å². The maximum Gasteiger partial charge on any atom is 0.314 e. The number of hydrogen-bond donors (Lipinski definition) is 3. The van der Waals surface area contributed by atoms with E-state index in [1.165, 1.54) is 6.42 Å². The van der Waals surface area contributed by atoms with Gasteiger partial charge in [-0.1, -0.05) is 0 Å². The Bertz CT molecular complexity index is 182. The van der Waals surface area contributed by atoms with Crippen molar-refractivity contribution < 1.29 is 9.53 Å². The molecule has 2 amide bonds. The molecule has 88 valence electrons. The number of nitrogens with two attached hydrogens (primary N) is 1. The molecule has 1 unspecified atom stereocenters. The fourth-order valence-corrected chi connectivity index (χ4v) is 1.54. The third-order valence-corrected chi connectivity index (χ3v) is 2.43. The van der Waals surface area contributed by atoms with Gasteiger partial charge in [-0.15, -0.1) is 0 Å². The normalized spacial score (nSPS) is 21.0. The molecule has 0 spiro atoms. The monoisotopic (exact) mass is 215 g/mol. The Hall–Kier alpha value is -0.810. The van der Waals surface area contributed by atoms with Crippen molar-refractivity contribution in [2.75, 3.05) is 26.2 Å². The second kappa shape index (κ2) is 7.48. The molecule has 5 nitrogen and oxygen atoms in total. The predicted octanol–water partition coefficient (Wildman–Crippen LogP) is 0.203. The van der Waals surface area contributed by atoms with Gasteiger partial charge in [0.1, 0.15) is 0 Å². The maximum absolute atomic E-state index is 11.2. The maximum atomic E-state index is 11.2. The van der Waals surface area contributed by atoms with Crippen LogP contribution in [0.2, 0.25) is 0 Å². The fraction of sp³-hybridized carbons (Fsp3) is 0.900. The summed E-state index contributed by atoms with van der Waals surface area (Å²) in [5, 5.41) is 5.53. The van der Waals surface area contributed by atoms with Gasteiger partial charge >= 0.3 is 6.03 Å². The molecule has 4 N–H and O–H groups in total. The molecule has 1 heterocycles. The number of ether oxygens (including phenoxy) is 1. The average molecular weight is 215 g/mol. The molecule has 0 aromatic rings. The van der Waals surface area contributed by atoms with Crippen molar-refractivity contribution in [3.05, 3.63) is 0 Å². The van der Waals surface area contributed by atoms with Crippen molar-refractivity contribution in [1.82, 2.24) is 10.6 Å². The van der Waals surface area contributed by atoms with Gasteiger partial charge in [0.15, 0.2) is 0 Å². The van der Waals surface area contributed by atoms with Crippen LogP contribution in [0.4, 0.5) is 4.79 Å². The number of amides is 2. The van der Waals surface area contributed by atoms with Gasteiger partial charge in [-0.3, -0.25) is 0 Å². The van der Waals surface area contributed by atoms with Crippen LogP contribution in [0.3, 0.4) is 0 Å². The summed E-state index contributed by atoms with van der Waals surface area (Å²) < 4.78 is 5.49. The van der Waals surface area contributed by atoms with Crippen molar-refractivity contribution in [2.24, 2.45) is 5.73 Å². The van der Waals surface area contributed by atoms with E-state index in [1.807, 2.05) is 0 Å². The van der Waals surface area contributed by atoms with Gasteiger partial charge < -0.3 is 21.1 Å². The van der Waals surface area contributed by atoms with Crippen molar-refractivity contribution in [2.45, 2.75) is 31.8 Å². The van der Waals surface area contributed by atoms with Crippen molar-refractivity contribution in [1.29, 1.82) is 0 Å². The van der Waals surface area contributed by atoms with Crippen LogP contribution in [0.1, 0.15) is 25.7 Å². The van der Waals surface area contributed by atoms with Crippen molar-refractivity contribution >= 4 is 6.03 Å². The molecule has 0 aromatic heterocycles. The van der Waals surface area contributed by atoms with Crippen LogP contribution in [0.5, 0.6) is 0 Å². The lowest BCUT2D eigenvalue weighted by Gasteiger charge is -2.22. The minimum Gasteiger partial charge on any atom is -0.376 e. The lowest BCUT2D eigenvalue weighted by atomic mass is 10.1. The van der Waals surface area contributed by atoms with Crippen LogP contribution in [-0.2, 0) is 4.74 Å². The van der Waals surface area contributed by atoms with Crippen LogP contribution >= 0.6 is 0 Å². The highest BCUT2D eigenvalue weighted by Gasteiger charge is 2.14. The standard InChI is InChI=1S/C10H21N3O2/c11-5-3-6-12-10(14)13-8-9-4-1-2-7-15-9/h9H,1-8,11H2,(H2,12,13,14). The van der Waals surface area contributed by atoms with Crippen LogP contribution in [0, 0.1) is 0 Å². The van der Waals surface area contributed by atoms with E-state index >= 15 is 0 Å². The Labute approximate surface area is 90.7 Å². The quantitative estimate of drug-likeness (QED) is 0.573. The highest BCUT2D eigenvalue weighted by Crippen LogP contribution is 2.11. The predicted molar refractivity (Wildman–Crippen MR) is 58.7 cm³/mol. The van der Waals surface area contributed by atoms with Crippen LogP contribution in [0.25, 0.3) is 0 Å². The molecule has 1 aliphatic heterocycles. The molecule has 0 aromatic carbocycles. The Morgan fingerprint density at radius 2 is 2.27 bits per heavy atom. The number of hydrogen-bond acceptors (Lipinski definition) is 3. The Morgan fingerprint density at radius 1 is 1.40 bits per heavy atom. The van der Waals surface area contributed by atoms with Crippen molar-refractivity contribution in [3.63, 3.8) is 0 Å². The summed E-state index contributed by atoms with van der Waals surface area (Å²) in [4.78, 5) is 11.2. The van der Waals surface area contributed by atoms with Gasteiger partial charge in [-0.2, -0.15) is 0 Å². The SMILES string of the molecule is NCCCNC(=O)NCC1CCCCO1. The van der Waals surface area contributed by atoms with E-state index in [0.29, 0.717) is 19.6 Å². The van der Waals surface area contributed by atoms with E-state index in [4.69, 9.17) is 10.5 Å². The highest BCUT2D eigenvalue weighted by molar-refractivity contribution is 5.73. The number of rotatable bonds is 5. The summed E-state index contributed by atoms with van der Waals surface area (Å²) >= 11 is 0. The van der Waals surface area contributed by atoms with E-state index < -0.39 is 0 Å². The minimum absolute atomic E-state index is 0.127. The van der Waals surface area contributed by atoms with Gasteiger partial charge in [0, 0.05) is 19.7 Å². The molecule has 0 saturated carbocycles. The fourth-order valence-electron chi connectivity index (χ4n) is 1.54. The molecular weight excluding hydrogens is 194 g/mol. The zero-order valence-corrected chi connectivity index (χ0v) is 9.13. The lowest BCUT2D eigenvalue weighted by molar-refractivity contribution is 0.0185. The van der Waals surface area contributed by atoms with Gasteiger partial charge in [0.25, 0.3) is 0 Å². The molecule has 1 fully saturated rings. The van der Waals surface area contributed by atoms with E-state index in [2.05, 4.69) is 10.6 Å². The molecule has 15 heavy (non-hydrogen) atoms. The lowest BCUT2D eigenvalue weighted by Crippen LogP contribution is -2.41. The number of nitrogens with one attached hydrogen (secondary N) is 2. The second-order valence-electron chi connectivity index (χ2n) is 3.77. The zero-order valence-electron chi connectivity index (χ0n) is 9.13. The zero-order chi connectivity index (χ0) is 10.9. The van der Waals surface area contributed by atoms with Crippen LogP contribution < -0.4 is 16.4 Å². The largest absolute Gasteiger partial charge is 0.376 e. The smallest absolute Gasteiger partial charge is 0.314 e. The first-order valence-corrected chi connectivity index (χ1v) is 5.66. The van der Waals surface area contributed by atoms with E-state index in [0.717, 1.165) is 25.9 Å². The summed E-state index contributed by atoms with van der Waals surface area (Å²) in [6.07, 6.45) is 4.38. The molecule has 1 saturated heterocycles. The van der Waals surface area contributed by atoms with Gasteiger partial charge in [-0.25, -0.2) is 4.79 Å².